The Morgan fingerprint density at radius 3 is 2.87 bits per heavy atom. The molecule has 1 saturated carbocycles. The highest BCUT2D eigenvalue weighted by Crippen LogP contribution is 2.39. The monoisotopic (exact) mass is 288 g/mol. The minimum Gasteiger partial charge on any atom is -0.271 e. The van der Waals surface area contributed by atoms with Gasteiger partial charge in [-0.25, -0.2) is 0 Å². The van der Waals surface area contributed by atoms with Gasteiger partial charge in [-0.1, -0.05) is 36.6 Å². The molecule has 0 amide bonds. The average molecular weight is 290 g/mol. The highest BCUT2D eigenvalue weighted by molar-refractivity contribution is 9.10. The highest BCUT2D eigenvalue weighted by atomic mass is 79.9. The fourth-order valence-electron chi connectivity index (χ4n) is 1.76. The van der Waals surface area contributed by atoms with Gasteiger partial charge in [-0.3, -0.25) is 11.3 Å². The molecule has 15 heavy (non-hydrogen) atoms. The normalized spacial score (nSPS) is 17.8. The molecular weight excluding hydrogens is 275 g/mol. The molecule has 1 atom stereocenters. The van der Waals surface area contributed by atoms with Crippen LogP contribution in [-0.2, 0) is 0 Å². The second kappa shape index (κ2) is 4.83. The first-order valence-electron chi connectivity index (χ1n) is 5.12. The van der Waals surface area contributed by atoms with Crippen molar-refractivity contribution in [2.75, 3.05) is 0 Å². The lowest BCUT2D eigenvalue weighted by atomic mass is 10.0. The van der Waals surface area contributed by atoms with Crippen molar-refractivity contribution in [2.45, 2.75) is 25.3 Å². The van der Waals surface area contributed by atoms with Crippen LogP contribution in [0, 0.1) is 5.92 Å². The molecule has 0 aliphatic heterocycles. The Bertz CT molecular complexity index is 352. The number of rotatable bonds is 4. The molecule has 2 nitrogen and oxygen atoms in total. The molecule has 3 N–H and O–H groups in total. The van der Waals surface area contributed by atoms with Gasteiger partial charge >= 0.3 is 0 Å². The third kappa shape index (κ3) is 2.72. The Kier molecular flexibility index (Phi) is 3.67. The van der Waals surface area contributed by atoms with Crippen LogP contribution in [0.2, 0.25) is 5.02 Å². The van der Waals surface area contributed by atoms with Crippen LogP contribution in [0.1, 0.15) is 30.9 Å². The van der Waals surface area contributed by atoms with Crippen molar-refractivity contribution in [3.8, 4) is 0 Å². The summed E-state index contributed by atoms with van der Waals surface area (Å²) in [4.78, 5) is 0. The Morgan fingerprint density at radius 2 is 2.27 bits per heavy atom. The van der Waals surface area contributed by atoms with Gasteiger partial charge in [-0.2, -0.15) is 0 Å². The third-order valence-corrected chi connectivity index (χ3v) is 4.13. The summed E-state index contributed by atoms with van der Waals surface area (Å²) in [6.07, 6.45) is 3.72. The first-order valence-corrected chi connectivity index (χ1v) is 6.29. The molecule has 0 bridgehead atoms. The summed E-state index contributed by atoms with van der Waals surface area (Å²) in [6.45, 7) is 0. The fraction of sp³-hybridized carbons (Fsp3) is 0.455. The van der Waals surface area contributed by atoms with Gasteiger partial charge in [0.1, 0.15) is 0 Å². The van der Waals surface area contributed by atoms with Crippen LogP contribution in [0.15, 0.2) is 22.7 Å². The van der Waals surface area contributed by atoms with Crippen molar-refractivity contribution in [1.82, 2.24) is 5.43 Å². The highest BCUT2D eigenvalue weighted by Gasteiger charge is 2.26. The molecule has 1 fully saturated rings. The lowest BCUT2D eigenvalue weighted by Crippen LogP contribution is -2.28. The van der Waals surface area contributed by atoms with Crippen molar-refractivity contribution in [3.63, 3.8) is 0 Å². The molecule has 2 rings (SSSR count). The zero-order valence-corrected chi connectivity index (χ0v) is 10.7. The Labute approximate surface area is 103 Å². The molecule has 4 heteroatoms. The van der Waals surface area contributed by atoms with E-state index in [9.17, 15) is 0 Å². The molecule has 1 unspecified atom stereocenters. The van der Waals surface area contributed by atoms with Crippen LogP contribution in [0.4, 0.5) is 0 Å². The minimum absolute atomic E-state index is 0.169. The van der Waals surface area contributed by atoms with E-state index in [2.05, 4.69) is 21.4 Å². The van der Waals surface area contributed by atoms with E-state index in [1.54, 1.807) is 0 Å². The Balaban J connectivity index is 2.20. The van der Waals surface area contributed by atoms with Crippen LogP contribution < -0.4 is 11.3 Å². The predicted molar refractivity (Wildman–Crippen MR) is 66.6 cm³/mol. The summed E-state index contributed by atoms with van der Waals surface area (Å²) in [5.74, 6) is 6.40. The van der Waals surface area contributed by atoms with Crippen LogP contribution in [0.3, 0.4) is 0 Å². The maximum atomic E-state index is 6.23. The van der Waals surface area contributed by atoms with Crippen LogP contribution in [0.25, 0.3) is 0 Å². The van der Waals surface area contributed by atoms with Crippen molar-refractivity contribution in [1.29, 1.82) is 0 Å². The second-order valence-corrected chi connectivity index (χ2v) is 5.27. The standard InChI is InChI=1S/C11H14BrClN2/c12-9-3-1-2-8(11(9)13)10(15-14)6-7-4-5-7/h1-3,7,10,15H,4-6,14H2. The summed E-state index contributed by atoms with van der Waals surface area (Å²) >= 11 is 9.65. The van der Waals surface area contributed by atoms with Gasteiger partial charge in [-0.15, -0.1) is 0 Å². The van der Waals surface area contributed by atoms with E-state index in [0.29, 0.717) is 0 Å². The summed E-state index contributed by atoms with van der Waals surface area (Å²) in [5, 5.41) is 0.765. The number of hydrogen-bond acceptors (Lipinski definition) is 2. The van der Waals surface area contributed by atoms with Crippen LogP contribution in [-0.4, -0.2) is 0 Å². The van der Waals surface area contributed by atoms with E-state index in [1.807, 2.05) is 18.2 Å². The van der Waals surface area contributed by atoms with Crippen molar-refractivity contribution in [3.05, 3.63) is 33.3 Å². The molecule has 1 aromatic rings. The quantitative estimate of drug-likeness (QED) is 0.658. The van der Waals surface area contributed by atoms with Crippen molar-refractivity contribution in [2.24, 2.45) is 11.8 Å². The first kappa shape index (κ1) is 11.4. The smallest absolute Gasteiger partial charge is 0.0596 e. The summed E-state index contributed by atoms with van der Waals surface area (Å²) in [5.41, 5.74) is 3.94. The minimum atomic E-state index is 0.169. The van der Waals surface area contributed by atoms with E-state index in [0.717, 1.165) is 27.4 Å². The van der Waals surface area contributed by atoms with Crippen LogP contribution in [0.5, 0.6) is 0 Å². The second-order valence-electron chi connectivity index (χ2n) is 4.04. The zero-order chi connectivity index (χ0) is 10.8. The number of nitrogens with one attached hydrogen (secondary N) is 1. The van der Waals surface area contributed by atoms with E-state index in [4.69, 9.17) is 17.4 Å². The van der Waals surface area contributed by atoms with Gasteiger partial charge in [-0.05, 0) is 39.9 Å². The lowest BCUT2D eigenvalue weighted by molar-refractivity contribution is 0.487. The van der Waals surface area contributed by atoms with E-state index in [1.165, 1.54) is 12.8 Å². The van der Waals surface area contributed by atoms with E-state index >= 15 is 0 Å². The zero-order valence-electron chi connectivity index (χ0n) is 8.34. The number of hydrogen-bond donors (Lipinski definition) is 2. The third-order valence-electron chi connectivity index (χ3n) is 2.82. The number of benzene rings is 1. The van der Waals surface area contributed by atoms with Crippen molar-refractivity contribution >= 4 is 27.5 Å². The largest absolute Gasteiger partial charge is 0.271 e. The lowest BCUT2D eigenvalue weighted by Gasteiger charge is -2.17. The molecular formula is C11H14BrClN2. The van der Waals surface area contributed by atoms with Gasteiger partial charge in [0.25, 0.3) is 0 Å². The molecule has 1 aliphatic rings. The van der Waals surface area contributed by atoms with E-state index < -0.39 is 0 Å². The van der Waals surface area contributed by atoms with Gasteiger partial charge in [0.15, 0.2) is 0 Å². The molecule has 0 heterocycles. The number of halogens is 2. The molecule has 1 aliphatic carbocycles. The predicted octanol–water partition coefficient (Wildman–Crippen LogP) is 3.41. The topological polar surface area (TPSA) is 38.0 Å². The fourth-order valence-corrected chi connectivity index (χ4v) is 2.40. The van der Waals surface area contributed by atoms with Gasteiger partial charge in [0.2, 0.25) is 0 Å². The SMILES string of the molecule is NNC(CC1CC1)c1cccc(Br)c1Cl. The van der Waals surface area contributed by atoms with Gasteiger partial charge in [0, 0.05) is 10.5 Å². The Morgan fingerprint density at radius 1 is 1.53 bits per heavy atom. The molecule has 0 saturated heterocycles. The number of hydrazine groups is 1. The number of nitrogens with two attached hydrogens (primary N) is 1. The van der Waals surface area contributed by atoms with Crippen molar-refractivity contribution < 1.29 is 0 Å². The van der Waals surface area contributed by atoms with Crippen LogP contribution >= 0.6 is 27.5 Å². The summed E-state index contributed by atoms with van der Waals surface area (Å²) in [7, 11) is 0. The van der Waals surface area contributed by atoms with E-state index in [-0.39, 0.29) is 6.04 Å². The van der Waals surface area contributed by atoms with Gasteiger partial charge in [0.05, 0.1) is 5.02 Å². The Hall–Kier alpha value is -0.0900. The maximum Gasteiger partial charge on any atom is 0.0596 e. The maximum absolute atomic E-state index is 6.23. The molecule has 1 aromatic carbocycles. The average Bonchev–Trinajstić information content (AvgIpc) is 3.03. The summed E-state index contributed by atoms with van der Waals surface area (Å²) in [6, 6.07) is 6.13. The molecule has 0 aromatic heterocycles. The molecule has 0 spiro atoms. The van der Waals surface area contributed by atoms with Gasteiger partial charge < -0.3 is 0 Å². The first-order chi connectivity index (χ1) is 7.22. The molecule has 82 valence electrons. The summed E-state index contributed by atoms with van der Waals surface area (Å²) < 4.78 is 0.928. The molecule has 0 radical (unpaired) electrons.